The van der Waals surface area contributed by atoms with Gasteiger partial charge in [-0.15, -0.1) is 0 Å². The number of rotatable bonds is 3. The molecule has 1 amide bonds. The van der Waals surface area contributed by atoms with Crippen LogP contribution < -0.4 is 5.32 Å². The van der Waals surface area contributed by atoms with Crippen molar-refractivity contribution in [1.29, 1.82) is 0 Å². The number of halogens is 3. The van der Waals surface area contributed by atoms with Crippen molar-refractivity contribution in [3.05, 3.63) is 12.2 Å². The molecule has 0 spiro atoms. The van der Waals surface area contributed by atoms with Crippen LogP contribution in [0.3, 0.4) is 0 Å². The second kappa shape index (κ2) is 5.80. The molecule has 2 N–H and O–H groups in total. The highest BCUT2D eigenvalue weighted by Gasteiger charge is 2.48. The molecular formula is C12H17F3N4O. The number of amides is 1. The molecule has 1 fully saturated rings. The Morgan fingerprint density at radius 2 is 2.15 bits per heavy atom. The molecule has 0 saturated heterocycles. The van der Waals surface area contributed by atoms with Gasteiger partial charge in [-0.05, 0) is 19.8 Å². The van der Waals surface area contributed by atoms with Crippen molar-refractivity contribution in [2.45, 2.75) is 44.8 Å². The lowest BCUT2D eigenvalue weighted by Crippen LogP contribution is -2.43. The van der Waals surface area contributed by atoms with E-state index in [2.05, 4.69) is 20.5 Å². The Balaban J connectivity index is 2.03. The number of carbonyl (C=O) groups is 1. The van der Waals surface area contributed by atoms with Gasteiger partial charge in [0.2, 0.25) is 5.91 Å². The first kappa shape index (κ1) is 14.8. The van der Waals surface area contributed by atoms with Crippen LogP contribution in [0.4, 0.5) is 13.2 Å². The van der Waals surface area contributed by atoms with E-state index in [-0.39, 0.29) is 12.8 Å². The van der Waals surface area contributed by atoms with E-state index in [4.69, 9.17) is 0 Å². The second-order valence-electron chi connectivity index (χ2n) is 5.14. The average molecular weight is 290 g/mol. The molecule has 8 heteroatoms. The van der Waals surface area contributed by atoms with E-state index in [1.165, 1.54) is 6.33 Å². The zero-order valence-electron chi connectivity index (χ0n) is 11.1. The number of nitrogens with one attached hydrogen (secondary N) is 2. The lowest BCUT2D eigenvalue weighted by molar-refractivity contribution is -0.198. The molecule has 1 aromatic heterocycles. The smallest absolute Gasteiger partial charge is 0.346 e. The summed E-state index contributed by atoms with van der Waals surface area (Å²) in [6, 6.07) is -0.485. The van der Waals surface area contributed by atoms with Gasteiger partial charge in [0.25, 0.3) is 0 Å². The van der Waals surface area contributed by atoms with Crippen molar-refractivity contribution in [1.82, 2.24) is 20.5 Å². The number of aromatic amines is 1. The summed E-state index contributed by atoms with van der Waals surface area (Å²) in [6.07, 6.45) is -1.56. The third kappa shape index (κ3) is 3.29. The number of alkyl halides is 3. The Hall–Kier alpha value is -1.60. The zero-order valence-corrected chi connectivity index (χ0v) is 11.1. The van der Waals surface area contributed by atoms with Gasteiger partial charge in [-0.2, -0.15) is 18.3 Å². The molecule has 112 valence electrons. The van der Waals surface area contributed by atoms with Crippen molar-refractivity contribution in [3.8, 4) is 0 Å². The predicted octanol–water partition coefficient (Wildman–Crippen LogP) is 2.35. The molecule has 3 unspecified atom stereocenters. The van der Waals surface area contributed by atoms with E-state index >= 15 is 0 Å². The van der Waals surface area contributed by atoms with Gasteiger partial charge >= 0.3 is 6.18 Å². The fourth-order valence-corrected chi connectivity index (χ4v) is 2.65. The van der Waals surface area contributed by atoms with Crippen LogP contribution in [0.1, 0.15) is 44.5 Å². The minimum Gasteiger partial charge on any atom is -0.346 e. The Labute approximate surface area is 114 Å². The van der Waals surface area contributed by atoms with Gasteiger partial charge in [0.05, 0.1) is 12.0 Å². The minimum absolute atomic E-state index is 0.0261. The summed E-state index contributed by atoms with van der Waals surface area (Å²) in [5, 5.41) is 8.82. The highest BCUT2D eigenvalue weighted by molar-refractivity contribution is 5.79. The van der Waals surface area contributed by atoms with Crippen molar-refractivity contribution in [3.63, 3.8) is 0 Å². The Bertz CT molecular complexity index is 446. The van der Waals surface area contributed by atoms with Crippen molar-refractivity contribution < 1.29 is 18.0 Å². The molecule has 1 saturated carbocycles. The Morgan fingerprint density at radius 3 is 2.75 bits per heavy atom. The molecule has 3 atom stereocenters. The van der Waals surface area contributed by atoms with E-state index in [0.717, 1.165) is 0 Å². The van der Waals surface area contributed by atoms with Crippen LogP contribution in [0.2, 0.25) is 0 Å². The van der Waals surface area contributed by atoms with E-state index in [1.807, 2.05) is 0 Å². The van der Waals surface area contributed by atoms with E-state index in [9.17, 15) is 18.0 Å². The molecule has 0 radical (unpaired) electrons. The quantitative estimate of drug-likeness (QED) is 0.897. The molecule has 20 heavy (non-hydrogen) atoms. The summed E-state index contributed by atoms with van der Waals surface area (Å²) >= 11 is 0. The average Bonchev–Trinajstić information content (AvgIpc) is 2.91. The summed E-state index contributed by atoms with van der Waals surface area (Å²) in [5.41, 5.74) is 0. The monoisotopic (exact) mass is 290 g/mol. The molecule has 1 aliphatic rings. The number of hydrogen-bond acceptors (Lipinski definition) is 3. The maximum absolute atomic E-state index is 13.0. The van der Waals surface area contributed by atoms with Crippen LogP contribution in [0.5, 0.6) is 0 Å². The molecule has 1 aliphatic carbocycles. The van der Waals surface area contributed by atoms with Crippen LogP contribution in [-0.4, -0.2) is 27.3 Å². The molecule has 2 rings (SSSR count). The van der Waals surface area contributed by atoms with Crippen LogP contribution in [0.25, 0.3) is 0 Å². The van der Waals surface area contributed by atoms with E-state index in [1.54, 1.807) is 6.92 Å². The molecule has 5 nitrogen and oxygen atoms in total. The number of nitrogens with zero attached hydrogens (tertiary/aromatic N) is 2. The highest BCUT2D eigenvalue weighted by atomic mass is 19.4. The van der Waals surface area contributed by atoms with Gasteiger partial charge in [0.15, 0.2) is 0 Å². The van der Waals surface area contributed by atoms with E-state index < -0.39 is 30.0 Å². The molecule has 0 bridgehead atoms. The molecule has 1 aromatic rings. The fourth-order valence-electron chi connectivity index (χ4n) is 2.65. The molecule has 0 aromatic carbocycles. The van der Waals surface area contributed by atoms with Crippen LogP contribution >= 0.6 is 0 Å². The predicted molar refractivity (Wildman–Crippen MR) is 64.4 cm³/mol. The van der Waals surface area contributed by atoms with Gasteiger partial charge in [-0.3, -0.25) is 9.89 Å². The Kier molecular flexibility index (Phi) is 4.29. The van der Waals surface area contributed by atoms with Gasteiger partial charge in [-0.25, -0.2) is 4.98 Å². The van der Waals surface area contributed by atoms with Crippen LogP contribution in [-0.2, 0) is 4.79 Å². The SMILES string of the molecule is CC(NC(=O)C1CCCCC1C(F)(F)F)c1ncn[nH]1. The summed E-state index contributed by atoms with van der Waals surface area (Å²) in [7, 11) is 0. The molecule has 0 aliphatic heterocycles. The topological polar surface area (TPSA) is 70.7 Å². The summed E-state index contributed by atoms with van der Waals surface area (Å²) < 4.78 is 38.9. The van der Waals surface area contributed by atoms with Crippen LogP contribution in [0.15, 0.2) is 6.33 Å². The molecule has 1 heterocycles. The lowest BCUT2D eigenvalue weighted by Gasteiger charge is -2.32. The van der Waals surface area contributed by atoms with Crippen LogP contribution in [0, 0.1) is 11.8 Å². The van der Waals surface area contributed by atoms with Crippen molar-refractivity contribution >= 4 is 5.91 Å². The summed E-state index contributed by atoms with van der Waals surface area (Å²) in [5.74, 6) is -2.68. The molecular weight excluding hydrogens is 273 g/mol. The van der Waals surface area contributed by atoms with Gasteiger partial charge < -0.3 is 5.32 Å². The number of H-pyrrole nitrogens is 1. The third-order valence-electron chi connectivity index (χ3n) is 3.73. The number of aromatic nitrogens is 3. The first-order valence-corrected chi connectivity index (χ1v) is 6.62. The maximum atomic E-state index is 13.0. The third-order valence-corrected chi connectivity index (χ3v) is 3.73. The highest BCUT2D eigenvalue weighted by Crippen LogP contribution is 2.41. The normalized spacial score (nSPS) is 25.2. The minimum atomic E-state index is -4.32. The Morgan fingerprint density at radius 1 is 1.45 bits per heavy atom. The number of hydrogen-bond donors (Lipinski definition) is 2. The standard InChI is InChI=1S/C12H17F3N4O/c1-7(10-16-6-17-19-10)18-11(20)8-4-2-3-5-9(8)12(13,14)15/h6-9H,2-5H2,1H3,(H,18,20)(H,16,17,19). The van der Waals surface area contributed by atoms with Crippen molar-refractivity contribution in [2.24, 2.45) is 11.8 Å². The fraction of sp³-hybridized carbons (Fsp3) is 0.750. The van der Waals surface area contributed by atoms with E-state index in [0.29, 0.717) is 18.7 Å². The summed E-state index contributed by atoms with van der Waals surface area (Å²) in [4.78, 5) is 16.0. The lowest BCUT2D eigenvalue weighted by atomic mass is 9.78. The van der Waals surface area contributed by atoms with Crippen molar-refractivity contribution in [2.75, 3.05) is 0 Å². The first-order valence-electron chi connectivity index (χ1n) is 6.62. The maximum Gasteiger partial charge on any atom is 0.392 e. The van der Waals surface area contributed by atoms with Gasteiger partial charge in [0, 0.05) is 5.92 Å². The van der Waals surface area contributed by atoms with Gasteiger partial charge in [-0.1, -0.05) is 12.8 Å². The van der Waals surface area contributed by atoms with Gasteiger partial charge in [0.1, 0.15) is 12.2 Å². The number of carbonyl (C=O) groups excluding carboxylic acids is 1. The second-order valence-corrected chi connectivity index (χ2v) is 5.14. The largest absolute Gasteiger partial charge is 0.392 e. The summed E-state index contributed by atoms with van der Waals surface area (Å²) in [6.45, 7) is 1.66. The first-order chi connectivity index (χ1) is 9.39. The zero-order chi connectivity index (χ0) is 14.8.